The zero-order valence-electron chi connectivity index (χ0n) is 17.2. The molecule has 0 amide bonds. The van der Waals surface area contributed by atoms with Crippen LogP contribution in [-0.4, -0.2) is 72.9 Å². The number of nitrogens with zero attached hydrogens (tertiary/aromatic N) is 2. The normalized spacial score (nSPS) is 28.1. The van der Waals surface area contributed by atoms with Gasteiger partial charge in [0.25, 0.3) is 0 Å². The highest BCUT2D eigenvalue weighted by atomic mass is 16.6. The van der Waals surface area contributed by atoms with Crippen molar-refractivity contribution in [1.29, 1.82) is 0 Å². The Morgan fingerprint density at radius 1 is 1.07 bits per heavy atom. The number of aliphatic hydroxyl groups is 1. The molecule has 3 aliphatic rings. The summed E-state index contributed by atoms with van der Waals surface area (Å²) in [4.78, 5) is 15.7. The molecule has 2 unspecified atom stereocenters. The molecular weight excluding hydrogens is 352 g/mol. The van der Waals surface area contributed by atoms with Crippen molar-refractivity contribution in [2.75, 3.05) is 46.3 Å². The number of esters is 1. The van der Waals surface area contributed by atoms with Crippen LogP contribution >= 0.6 is 0 Å². The number of hydrogen-bond donors (Lipinski definition) is 1. The maximum atomic E-state index is 13.4. The minimum Gasteiger partial charge on any atom is -0.454 e. The molecule has 154 valence electrons. The lowest BCUT2D eigenvalue weighted by Gasteiger charge is -2.41. The zero-order chi connectivity index (χ0) is 19.6. The molecule has 0 bridgehead atoms. The Balaban J connectivity index is 1.49. The number of ether oxygens (including phenoxy) is 1. The largest absolute Gasteiger partial charge is 0.454 e. The van der Waals surface area contributed by atoms with E-state index < -0.39 is 11.6 Å². The fourth-order valence-electron chi connectivity index (χ4n) is 5.50. The highest BCUT2D eigenvalue weighted by molar-refractivity contribution is 5.81. The molecule has 2 saturated heterocycles. The van der Waals surface area contributed by atoms with Gasteiger partial charge in [0.05, 0.1) is 19.6 Å². The summed E-state index contributed by atoms with van der Waals surface area (Å²) >= 11 is 0. The van der Waals surface area contributed by atoms with Crippen LogP contribution in [0.3, 0.4) is 0 Å². The summed E-state index contributed by atoms with van der Waals surface area (Å²) in [6.45, 7) is 6.47. The molecule has 2 aliphatic heterocycles. The smallest absolute Gasteiger partial charge is 0.343 e. The monoisotopic (exact) mass is 387 g/mol. The van der Waals surface area contributed by atoms with E-state index in [1.807, 2.05) is 30.3 Å². The fraction of sp³-hybridized carbons (Fsp3) is 0.696. The van der Waals surface area contributed by atoms with E-state index >= 15 is 0 Å². The minimum absolute atomic E-state index is 0.0515. The van der Waals surface area contributed by atoms with Crippen LogP contribution in [-0.2, 0) is 15.1 Å². The summed E-state index contributed by atoms with van der Waals surface area (Å²) < 4.78 is 7.09. The molecule has 1 aliphatic carbocycles. The van der Waals surface area contributed by atoms with Crippen molar-refractivity contribution in [2.24, 2.45) is 5.92 Å². The number of quaternary nitrogens is 1. The fourth-order valence-corrected chi connectivity index (χ4v) is 5.50. The Labute approximate surface area is 168 Å². The number of carbonyl (C=O) groups is 1. The van der Waals surface area contributed by atoms with E-state index in [1.165, 1.54) is 6.42 Å². The van der Waals surface area contributed by atoms with Gasteiger partial charge in [-0.3, -0.25) is 4.90 Å². The zero-order valence-corrected chi connectivity index (χ0v) is 17.2. The molecule has 1 aromatic rings. The molecule has 28 heavy (non-hydrogen) atoms. The molecule has 1 spiro atoms. The summed E-state index contributed by atoms with van der Waals surface area (Å²) in [5.74, 6) is -0.478. The second kappa shape index (κ2) is 8.13. The average Bonchev–Trinajstić information content (AvgIpc) is 3.13. The van der Waals surface area contributed by atoms with Gasteiger partial charge in [-0.15, -0.1) is 0 Å². The number of rotatable bonds is 4. The minimum atomic E-state index is -1.52. The van der Waals surface area contributed by atoms with Crippen LogP contribution in [0, 0.1) is 5.92 Å². The average molecular weight is 388 g/mol. The number of piperazine rings is 1. The first-order valence-corrected chi connectivity index (χ1v) is 11.0. The number of carbonyl (C=O) groups excluding carboxylic acids is 1. The lowest BCUT2D eigenvalue weighted by Crippen LogP contribution is -2.58. The summed E-state index contributed by atoms with van der Waals surface area (Å²) in [5, 5.41) is 11.7. The molecular formula is C23H35N2O3+. The number of benzene rings is 1. The van der Waals surface area contributed by atoms with Crippen molar-refractivity contribution in [3.63, 3.8) is 0 Å². The van der Waals surface area contributed by atoms with Gasteiger partial charge in [-0.25, -0.2) is 4.79 Å². The van der Waals surface area contributed by atoms with E-state index in [2.05, 4.69) is 11.9 Å². The van der Waals surface area contributed by atoms with Gasteiger partial charge >= 0.3 is 5.97 Å². The third-order valence-electron chi connectivity index (χ3n) is 7.42. The Morgan fingerprint density at radius 3 is 2.43 bits per heavy atom. The third-order valence-corrected chi connectivity index (χ3v) is 7.42. The predicted molar refractivity (Wildman–Crippen MR) is 109 cm³/mol. The molecule has 2 heterocycles. The van der Waals surface area contributed by atoms with Crippen LogP contribution in [0.2, 0.25) is 0 Å². The van der Waals surface area contributed by atoms with Crippen LogP contribution in [0.25, 0.3) is 0 Å². The van der Waals surface area contributed by atoms with Gasteiger partial charge in [0.2, 0.25) is 0 Å². The number of likely N-dealkylation sites (N-methyl/N-ethyl adjacent to an activating group) is 1. The molecule has 0 aromatic heterocycles. The van der Waals surface area contributed by atoms with Gasteiger partial charge < -0.3 is 14.3 Å². The first kappa shape index (κ1) is 19.9. The molecule has 2 atom stereocenters. The van der Waals surface area contributed by atoms with Crippen molar-refractivity contribution < 1.29 is 19.1 Å². The van der Waals surface area contributed by atoms with Crippen molar-refractivity contribution in [1.82, 2.24) is 4.90 Å². The Morgan fingerprint density at radius 2 is 1.75 bits per heavy atom. The molecule has 1 N–H and O–H groups in total. The van der Waals surface area contributed by atoms with Crippen LogP contribution in [0.4, 0.5) is 0 Å². The maximum Gasteiger partial charge on any atom is 0.343 e. The third kappa shape index (κ3) is 3.85. The summed E-state index contributed by atoms with van der Waals surface area (Å²) in [7, 11) is 2.17. The molecule has 5 heteroatoms. The van der Waals surface area contributed by atoms with Gasteiger partial charge in [-0.2, -0.15) is 0 Å². The highest BCUT2D eigenvalue weighted by Gasteiger charge is 2.49. The predicted octanol–water partition coefficient (Wildman–Crippen LogP) is 2.53. The molecule has 0 radical (unpaired) electrons. The van der Waals surface area contributed by atoms with E-state index in [9.17, 15) is 9.90 Å². The topological polar surface area (TPSA) is 49.8 Å². The van der Waals surface area contributed by atoms with Crippen molar-refractivity contribution >= 4 is 5.97 Å². The second-order valence-electron chi connectivity index (χ2n) is 9.28. The van der Waals surface area contributed by atoms with Crippen molar-refractivity contribution in [2.45, 2.75) is 50.2 Å². The highest BCUT2D eigenvalue weighted by Crippen LogP contribution is 2.41. The van der Waals surface area contributed by atoms with Gasteiger partial charge in [0.1, 0.15) is 6.54 Å². The van der Waals surface area contributed by atoms with E-state index in [1.54, 1.807) is 0 Å². The lowest BCUT2D eigenvalue weighted by atomic mass is 9.73. The van der Waals surface area contributed by atoms with E-state index in [4.69, 9.17) is 4.74 Å². The van der Waals surface area contributed by atoms with Crippen LogP contribution in [0.15, 0.2) is 30.3 Å². The SMILES string of the molecule is CN1CC[N+]2(CCC(OC(=O)C(O)(c3ccccc3)C3CCCCC3)C2)CC1. The molecule has 3 fully saturated rings. The Kier molecular flexibility index (Phi) is 5.77. The van der Waals surface area contributed by atoms with E-state index in [0.717, 1.165) is 75.9 Å². The van der Waals surface area contributed by atoms with Crippen LogP contribution in [0.5, 0.6) is 0 Å². The molecule has 1 aromatic carbocycles. The van der Waals surface area contributed by atoms with Gasteiger partial charge in [0, 0.05) is 25.4 Å². The Bertz CT molecular complexity index is 666. The summed E-state index contributed by atoms with van der Waals surface area (Å²) in [5.41, 5.74) is -0.828. The maximum absolute atomic E-state index is 13.4. The second-order valence-corrected chi connectivity index (χ2v) is 9.28. The summed E-state index contributed by atoms with van der Waals surface area (Å²) in [6.07, 6.45) is 5.94. The Hall–Kier alpha value is -1.43. The van der Waals surface area contributed by atoms with Gasteiger partial charge in [-0.05, 0) is 25.5 Å². The van der Waals surface area contributed by atoms with Gasteiger partial charge in [0.15, 0.2) is 11.7 Å². The van der Waals surface area contributed by atoms with Crippen LogP contribution < -0.4 is 0 Å². The lowest BCUT2D eigenvalue weighted by molar-refractivity contribution is -0.921. The molecule has 5 nitrogen and oxygen atoms in total. The van der Waals surface area contributed by atoms with Gasteiger partial charge in [-0.1, -0.05) is 49.6 Å². The first-order valence-electron chi connectivity index (χ1n) is 11.0. The standard InChI is InChI=1S/C23H35N2O3/c1-24-13-16-25(17-14-24)15-12-21(18-25)28-22(26)23(27,19-8-4-2-5-9-19)20-10-6-3-7-11-20/h2,4-5,8-9,20-21,27H,3,6-7,10-18H2,1H3/q+1. The molecule has 1 saturated carbocycles. The van der Waals surface area contributed by atoms with Crippen molar-refractivity contribution in [3.05, 3.63) is 35.9 Å². The van der Waals surface area contributed by atoms with Crippen molar-refractivity contribution in [3.8, 4) is 0 Å². The summed E-state index contributed by atoms with van der Waals surface area (Å²) in [6, 6.07) is 9.47. The van der Waals surface area contributed by atoms with E-state index in [-0.39, 0.29) is 12.0 Å². The van der Waals surface area contributed by atoms with Crippen LogP contribution in [0.1, 0.15) is 44.1 Å². The van der Waals surface area contributed by atoms with E-state index in [0.29, 0.717) is 5.56 Å². The number of hydrogen-bond acceptors (Lipinski definition) is 4. The first-order chi connectivity index (χ1) is 13.5. The molecule has 4 rings (SSSR count). The quantitative estimate of drug-likeness (QED) is 0.637.